The molecule has 2 N–H and O–H groups in total. The molecular weight excluding hydrogens is 326 g/mol. The lowest BCUT2D eigenvalue weighted by molar-refractivity contribution is 0.197. The van der Waals surface area contributed by atoms with Crippen LogP contribution in [-0.2, 0) is 0 Å². The zero-order valence-corrected chi connectivity index (χ0v) is 13.5. The predicted molar refractivity (Wildman–Crippen MR) is 89.3 cm³/mol. The van der Waals surface area contributed by atoms with Gasteiger partial charge in [0.15, 0.2) is 0 Å². The minimum atomic E-state index is 0.0383. The molecule has 0 saturated heterocycles. The van der Waals surface area contributed by atoms with Crippen molar-refractivity contribution in [2.75, 3.05) is 6.61 Å². The maximum atomic E-state index is 9.61. The molecule has 1 saturated carbocycles. The van der Waals surface area contributed by atoms with Crippen molar-refractivity contribution >= 4 is 15.9 Å². The third-order valence-electron chi connectivity index (χ3n) is 4.30. The van der Waals surface area contributed by atoms with Gasteiger partial charge >= 0.3 is 0 Å². The van der Waals surface area contributed by atoms with Gasteiger partial charge in [-0.05, 0) is 36.0 Å². The lowest BCUT2D eigenvalue weighted by Crippen LogP contribution is -2.43. The van der Waals surface area contributed by atoms with E-state index in [1.165, 1.54) is 10.0 Å². The molecule has 0 amide bonds. The van der Waals surface area contributed by atoms with Crippen molar-refractivity contribution in [3.8, 4) is 0 Å². The summed E-state index contributed by atoms with van der Waals surface area (Å²) in [4.78, 5) is 0. The summed E-state index contributed by atoms with van der Waals surface area (Å²) in [5, 5.41) is 13.2. The average Bonchev–Trinajstić information content (AvgIpc) is 2.48. The second-order valence-electron chi connectivity index (χ2n) is 5.70. The predicted octanol–water partition coefficient (Wildman–Crippen LogP) is 4.02. The van der Waals surface area contributed by atoms with E-state index in [0.29, 0.717) is 12.0 Å². The molecule has 1 aliphatic rings. The molecule has 2 nitrogen and oxygen atoms in total. The van der Waals surface area contributed by atoms with Crippen LogP contribution in [0.1, 0.15) is 35.9 Å². The Morgan fingerprint density at radius 3 is 2.38 bits per heavy atom. The first-order valence-corrected chi connectivity index (χ1v) is 8.23. The zero-order valence-electron chi connectivity index (χ0n) is 11.9. The quantitative estimate of drug-likeness (QED) is 0.857. The number of nitrogens with one attached hydrogen (secondary N) is 1. The fraction of sp³-hybridized carbons (Fsp3) is 0.333. The Morgan fingerprint density at radius 1 is 1.05 bits per heavy atom. The van der Waals surface area contributed by atoms with Gasteiger partial charge in [0.1, 0.15) is 0 Å². The first kappa shape index (κ1) is 14.8. The number of hydrogen-bond acceptors (Lipinski definition) is 2. The van der Waals surface area contributed by atoms with Crippen LogP contribution >= 0.6 is 15.9 Å². The van der Waals surface area contributed by atoms with Gasteiger partial charge in [-0.25, -0.2) is 0 Å². The number of aliphatic hydroxyl groups excluding tert-OH is 1. The van der Waals surface area contributed by atoms with Crippen LogP contribution in [0.3, 0.4) is 0 Å². The molecule has 3 rings (SSSR count). The van der Waals surface area contributed by atoms with Crippen LogP contribution in [0.2, 0.25) is 0 Å². The molecule has 0 radical (unpaired) electrons. The first-order chi connectivity index (χ1) is 10.3. The van der Waals surface area contributed by atoms with Crippen LogP contribution < -0.4 is 5.32 Å². The molecule has 110 valence electrons. The highest BCUT2D eigenvalue weighted by atomic mass is 79.9. The first-order valence-electron chi connectivity index (χ1n) is 7.44. The number of benzene rings is 2. The highest BCUT2D eigenvalue weighted by Gasteiger charge is 2.32. The van der Waals surface area contributed by atoms with E-state index in [2.05, 4.69) is 57.6 Å². The molecular formula is C18H20BrNO. The lowest BCUT2D eigenvalue weighted by atomic mass is 9.75. The Hall–Kier alpha value is -1.16. The standard InChI is InChI=1S/C18H20BrNO/c19-17-9-5-4-8-16(17)14-10-15(11-14)20-18(12-21)13-6-2-1-3-7-13/h1-9,14-15,18,20-21H,10-12H2/t14?,15?,18-/m1/s1. The number of aliphatic hydroxyl groups is 1. The largest absolute Gasteiger partial charge is 0.394 e. The highest BCUT2D eigenvalue weighted by molar-refractivity contribution is 9.10. The van der Waals surface area contributed by atoms with Gasteiger partial charge < -0.3 is 10.4 Å². The molecule has 0 aromatic heterocycles. The van der Waals surface area contributed by atoms with Crippen LogP contribution in [0.25, 0.3) is 0 Å². The molecule has 2 aromatic rings. The summed E-state index contributed by atoms with van der Waals surface area (Å²) in [6.07, 6.45) is 2.26. The van der Waals surface area contributed by atoms with Crippen molar-refractivity contribution < 1.29 is 5.11 Å². The molecule has 21 heavy (non-hydrogen) atoms. The van der Waals surface area contributed by atoms with Crippen molar-refractivity contribution in [1.82, 2.24) is 5.32 Å². The zero-order chi connectivity index (χ0) is 14.7. The van der Waals surface area contributed by atoms with E-state index in [0.717, 1.165) is 18.4 Å². The van der Waals surface area contributed by atoms with Gasteiger partial charge in [0.05, 0.1) is 12.6 Å². The van der Waals surface area contributed by atoms with Crippen LogP contribution in [-0.4, -0.2) is 17.8 Å². The van der Waals surface area contributed by atoms with Crippen LogP contribution in [0.15, 0.2) is 59.1 Å². The van der Waals surface area contributed by atoms with Crippen molar-refractivity contribution in [3.05, 3.63) is 70.2 Å². The smallest absolute Gasteiger partial charge is 0.0626 e. The Bertz CT molecular complexity index is 581. The molecule has 0 unspecified atom stereocenters. The van der Waals surface area contributed by atoms with E-state index in [-0.39, 0.29) is 12.6 Å². The summed E-state index contributed by atoms with van der Waals surface area (Å²) in [6, 6.07) is 19.2. The summed E-state index contributed by atoms with van der Waals surface area (Å²) in [7, 11) is 0. The SMILES string of the molecule is OC[C@@H](NC1CC(c2ccccc2Br)C1)c1ccccc1. The van der Waals surface area contributed by atoms with Gasteiger partial charge in [0, 0.05) is 10.5 Å². The summed E-state index contributed by atoms with van der Waals surface area (Å²) in [5.74, 6) is 0.619. The molecule has 1 aliphatic carbocycles. The van der Waals surface area contributed by atoms with E-state index in [4.69, 9.17) is 0 Å². The summed E-state index contributed by atoms with van der Waals surface area (Å²) >= 11 is 3.63. The lowest BCUT2D eigenvalue weighted by Gasteiger charge is -2.39. The van der Waals surface area contributed by atoms with Gasteiger partial charge in [-0.3, -0.25) is 0 Å². The van der Waals surface area contributed by atoms with E-state index in [1.54, 1.807) is 0 Å². The molecule has 0 bridgehead atoms. The molecule has 1 atom stereocenters. The van der Waals surface area contributed by atoms with Crippen molar-refractivity contribution in [3.63, 3.8) is 0 Å². The molecule has 3 heteroatoms. The van der Waals surface area contributed by atoms with Crippen molar-refractivity contribution in [2.45, 2.75) is 30.8 Å². The summed E-state index contributed by atoms with van der Waals surface area (Å²) in [6.45, 7) is 0.139. The Labute approximate surface area is 134 Å². The Balaban J connectivity index is 1.58. The van der Waals surface area contributed by atoms with E-state index in [1.807, 2.05) is 18.2 Å². The summed E-state index contributed by atoms with van der Waals surface area (Å²) < 4.78 is 1.20. The second-order valence-corrected chi connectivity index (χ2v) is 6.55. The van der Waals surface area contributed by atoms with Crippen molar-refractivity contribution in [1.29, 1.82) is 0 Å². The molecule has 1 fully saturated rings. The van der Waals surface area contributed by atoms with Crippen LogP contribution in [0, 0.1) is 0 Å². The number of hydrogen-bond donors (Lipinski definition) is 2. The van der Waals surface area contributed by atoms with Gasteiger partial charge in [-0.15, -0.1) is 0 Å². The highest BCUT2D eigenvalue weighted by Crippen LogP contribution is 2.40. The second kappa shape index (κ2) is 6.73. The number of rotatable bonds is 5. The molecule has 2 aromatic carbocycles. The fourth-order valence-electron chi connectivity index (χ4n) is 3.04. The maximum absolute atomic E-state index is 9.61. The molecule has 0 aliphatic heterocycles. The average molecular weight is 346 g/mol. The molecule has 0 spiro atoms. The van der Waals surface area contributed by atoms with Gasteiger partial charge in [0.2, 0.25) is 0 Å². The third kappa shape index (κ3) is 3.37. The molecule has 0 heterocycles. The minimum Gasteiger partial charge on any atom is -0.394 e. The normalized spacial score (nSPS) is 22.6. The van der Waals surface area contributed by atoms with Gasteiger partial charge in [-0.2, -0.15) is 0 Å². The van der Waals surface area contributed by atoms with E-state index in [9.17, 15) is 5.11 Å². The van der Waals surface area contributed by atoms with Gasteiger partial charge in [-0.1, -0.05) is 64.5 Å². The fourth-order valence-corrected chi connectivity index (χ4v) is 3.65. The van der Waals surface area contributed by atoms with Crippen LogP contribution in [0.4, 0.5) is 0 Å². The topological polar surface area (TPSA) is 32.3 Å². The summed E-state index contributed by atoms with van der Waals surface area (Å²) in [5.41, 5.74) is 2.56. The van der Waals surface area contributed by atoms with Gasteiger partial charge in [0.25, 0.3) is 0 Å². The minimum absolute atomic E-state index is 0.0383. The van der Waals surface area contributed by atoms with E-state index >= 15 is 0 Å². The third-order valence-corrected chi connectivity index (χ3v) is 5.03. The Morgan fingerprint density at radius 2 is 1.71 bits per heavy atom. The van der Waals surface area contributed by atoms with Crippen LogP contribution in [0.5, 0.6) is 0 Å². The van der Waals surface area contributed by atoms with Crippen molar-refractivity contribution in [2.24, 2.45) is 0 Å². The maximum Gasteiger partial charge on any atom is 0.0626 e. The Kier molecular flexibility index (Phi) is 4.73. The van der Waals surface area contributed by atoms with E-state index < -0.39 is 0 Å². The number of halogens is 1. The monoisotopic (exact) mass is 345 g/mol.